The van der Waals surface area contributed by atoms with Crippen LogP contribution >= 0.6 is 11.6 Å². The Morgan fingerprint density at radius 2 is 1.48 bits per heavy atom. The Morgan fingerprint density at radius 3 is 2.07 bits per heavy atom. The van der Waals surface area contributed by atoms with Crippen molar-refractivity contribution in [3.05, 3.63) is 58.6 Å². The average molecular weight is 385 g/mol. The van der Waals surface area contributed by atoms with Gasteiger partial charge < -0.3 is 10.6 Å². The van der Waals surface area contributed by atoms with Gasteiger partial charge in [-0.3, -0.25) is 9.59 Å². The van der Waals surface area contributed by atoms with Crippen LogP contribution in [0.2, 0.25) is 5.02 Å². The van der Waals surface area contributed by atoms with Crippen molar-refractivity contribution in [3.8, 4) is 0 Å². The minimum atomic E-state index is -1.01. The predicted octanol–water partition coefficient (Wildman–Crippen LogP) is 5.30. The standard InChI is InChI=1S/C22H25ClN2O2/c1-14-16(23)9-7-11-17(14)24-19(26)22(12-13-22)20(27)25-18-10-6-5-8-15(18)21(2,3)4/h5-11H,12-13H2,1-4H3,(H,24,26)(H,25,27). The molecule has 2 N–H and O–H groups in total. The molecule has 2 amide bonds. The number of hydrogen-bond donors (Lipinski definition) is 2. The molecule has 0 aromatic heterocycles. The van der Waals surface area contributed by atoms with Crippen molar-refractivity contribution < 1.29 is 9.59 Å². The van der Waals surface area contributed by atoms with Gasteiger partial charge in [0, 0.05) is 16.4 Å². The molecule has 0 bridgehead atoms. The van der Waals surface area contributed by atoms with E-state index in [1.54, 1.807) is 18.2 Å². The van der Waals surface area contributed by atoms with E-state index in [9.17, 15) is 9.59 Å². The highest BCUT2D eigenvalue weighted by atomic mass is 35.5. The minimum Gasteiger partial charge on any atom is -0.325 e. The van der Waals surface area contributed by atoms with Crippen molar-refractivity contribution in [2.45, 2.75) is 46.0 Å². The lowest BCUT2D eigenvalue weighted by atomic mass is 9.85. The number of rotatable bonds is 4. The number of anilines is 2. The summed E-state index contributed by atoms with van der Waals surface area (Å²) < 4.78 is 0. The molecule has 5 heteroatoms. The van der Waals surface area contributed by atoms with Gasteiger partial charge in [0.2, 0.25) is 11.8 Å². The summed E-state index contributed by atoms with van der Waals surface area (Å²) in [5.74, 6) is -0.532. The molecule has 0 saturated heterocycles. The van der Waals surface area contributed by atoms with Crippen molar-refractivity contribution >= 4 is 34.8 Å². The molecule has 27 heavy (non-hydrogen) atoms. The maximum atomic E-state index is 13.0. The Bertz CT molecular complexity index is 895. The van der Waals surface area contributed by atoms with E-state index in [2.05, 4.69) is 31.4 Å². The van der Waals surface area contributed by atoms with Crippen molar-refractivity contribution in [1.29, 1.82) is 0 Å². The molecule has 0 unspecified atom stereocenters. The van der Waals surface area contributed by atoms with Gasteiger partial charge in [-0.1, -0.05) is 56.6 Å². The van der Waals surface area contributed by atoms with Crippen LogP contribution in [-0.4, -0.2) is 11.8 Å². The number of hydrogen-bond acceptors (Lipinski definition) is 2. The molecule has 0 aliphatic heterocycles. The number of carbonyl (C=O) groups excluding carboxylic acids is 2. The molecular weight excluding hydrogens is 360 g/mol. The zero-order valence-electron chi connectivity index (χ0n) is 16.2. The third kappa shape index (κ3) is 3.86. The van der Waals surface area contributed by atoms with Crippen LogP contribution in [0.1, 0.15) is 44.7 Å². The number of para-hydroxylation sites is 1. The first-order chi connectivity index (χ1) is 12.6. The molecule has 1 aliphatic rings. The number of halogens is 1. The average Bonchev–Trinajstić information content (AvgIpc) is 3.40. The fraction of sp³-hybridized carbons (Fsp3) is 0.364. The van der Waals surface area contributed by atoms with Gasteiger partial charge in [-0.2, -0.15) is 0 Å². The lowest BCUT2D eigenvalue weighted by Crippen LogP contribution is -2.36. The summed E-state index contributed by atoms with van der Waals surface area (Å²) in [6.45, 7) is 8.13. The van der Waals surface area contributed by atoms with Crippen LogP contribution in [0.15, 0.2) is 42.5 Å². The summed E-state index contributed by atoms with van der Waals surface area (Å²) in [7, 11) is 0. The molecule has 1 saturated carbocycles. The van der Waals surface area contributed by atoms with E-state index in [4.69, 9.17) is 11.6 Å². The number of nitrogens with one attached hydrogen (secondary N) is 2. The van der Waals surface area contributed by atoms with Crippen molar-refractivity contribution in [2.24, 2.45) is 5.41 Å². The summed E-state index contributed by atoms with van der Waals surface area (Å²) >= 11 is 6.13. The van der Waals surface area contributed by atoms with Crippen molar-refractivity contribution in [2.75, 3.05) is 10.6 Å². The van der Waals surface area contributed by atoms with Crippen molar-refractivity contribution in [1.82, 2.24) is 0 Å². The Kier molecular flexibility index (Phi) is 5.04. The van der Waals surface area contributed by atoms with E-state index in [1.807, 2.05) is 31.2 Å². The van der Waals surface area contributed by atoms with E-state index in [1.165, 1.54) is 0 Å². The molecule has 0 spiro atoms. The predicted molar refractivity (Wildman–Crippen MR) is 110 cm³/mol. The van der Waals surface area contributed by atoms with E-state index >= 15 is 0 Å². The quantitative estimate of drug-likeness (QED) is 0.702. The lowest BCUT2D eigenvalue weighted by molar-refractivity contribution is -0.131. The smallest absolute Gasteiger partial charge is 0.240 e. The van der Waals surface area contributed by atoms with E-state index in [0.29, 0.717) is 23.6 Å². The topological polar surface area (TPSA) is 58.2 Å². The first kappa shape index (κ1) is 19.4. The summed E-state index contributed by atoms with van der Waals surface area (Å²) in [5, 5.41) is 6.45. The van der Waals surface area contributed by atoms with Crippen LogP contribution in [0.5, 0.6) is 0 Å². The highest BCUT2D eigenvalue weighted by Gasteiger charge is 2.56. The maximum Gasteiger partial charge on any atom is 0.240 e. The minimum absolute atomic E-state index is 0.110. The van der Waals surface area contributed by atoms with Crippen molar-refractivity contribution in [3.63, 3.8) is 0 Å². The van der Waals surface area contributed by atoms with Gasteiger partial charge in [-0.15, -0.1) is 0 Å². The molecule has 142 valence electrons. The highest BCUT2D eigenvalue weighted by molar-refractivity contribution is 6.31. The zero-order chi connectivity index (χ0) is 19.8. The second-order valence-electron chi connectivity index (χ2n) is 8.20. The van der Waals surface area contributed by atoms with Crippen LogP contribution in [-0.2, 0) is 15.0 Å². The zero-order valence-corrected chi connectivity index (χ0v) is 16.9. The monoisotopic (exact) mass is 384 g/mol. The van der Waals surface area contributed by atoms with E-state index in [-0.39, 0.29) is 17.2 Å². The second kappa shape index (κ2) is 7.01. The van der Waals surface area contributed by atoms with Crippen LogP contribution in [0.25, 0.3) is 0 Å². The van der Waals surface area contributed by atoms with E-state index in [0.717, 1.165) is 16.8 Å². The van der Waals surface area contributed by atoms with Crippen LogP contribution in [0.4, 0.5) is 11.4 Å². The molecule has 0 radical (unpaired) electrons. The lowest BCUT2D eigenvalue weighted by Gasteiger charge is -2.24. The number of amides is 2. The molecule has 0 heterocycles. The molecular formula is C22H25ClN2O2. The number of carbonyl (C=O) groups is 2. The van der Waals surface area contributed by atoms with Gasteiger partial charge in [0.15, 0.2) is 0 Å². The molecule has 1 fully saturated rings. The van der Waals surface area contributed by atoms with E-state index < -0.39 is 5.41 Å². The Labute approximate surface area is 165 Å². The van der Waals surface area contributed by atoms with Gasteiger partial charge in [-0.05, 0) is 54.5 Å². The van der Waals surface area contributed by atoms with Gasteiger partial charge >= 0.3 is 0 Å². The normalized spacial score (nSPS) is 15.1. The molecule has 1 aliphatic carbocycles. The molecule has 2 aromatic carbocycles. The molecule has 2 aromatic rings. The summed E-state index contributed by atoms with van der Waals surface area (Å²) in [6.07, 6.45) is 1.09. The third-order valence-corrected chi connectivity index (χ3v) is 5.53. The fourth-order valence-electron chi connectivity index (χ4n) is 3.16. The Morgan fingerprint density at radius 1 is 0.926 bits per heavy atom. The summed E-state index contributed by atoms with van der Waals surface area (Å²) in [6, 6.07) is 13.1. The largest absolute Gasteiger partial charge is 0.325 e. The third-order valence-electron chi connectivity index (χ3n) is 5.12. The Balaban J connectivity index is 1.79. The van der Waals surface area contributed by atoms with Gasteiger partial charge in [-0.25, -0.2) is 0 Å². The molecule has 4 nitrogen and oxygen atoms in total. The molecule has 0 atom stereocenters. The van der Waals surface area contributed by atoms with Gasteiger partial charge in [0.1, 0.15) is 5.41 Å². The van der Waals surface area contributed by atoms with Crippen LogP contribution in [0, 0.1) is 12.3 Å². The van der Waals surface area contributed by atoms with Crippen LogP contribution < -0.4 is 10.6 Å². The maximum absolute atomic E-state index is 13.0. The van der Waals surface area contributed by atoms with Gasteiger partial charge in [0.25, 0.3) is 0 Å². The SMILES string of the molecule is Cc1c(Cl)cccc1NC(=O)C1(C(=O)Nc2ccccc2C(C)(C)C)CC1. The van der Waals surface area contributed by atoms with Gasteiger partial charge in [0.05, 0.1) is 0 Å². The fourth-order valence-corrected chi connectivity index (χ4v) is 3.33. The highest BCUT2D eigenvalue weighted by Crippen LogP contribution is 2.48. The Hall–Kier alpha value is -2.33. The summed E-state index contributed by atoms with van der Waals surface area (Å²) in [5.41, 5.74) is 2.11. The first-order valence-corrected chi connectivity index (χ1v) is 9.50. The van der Waals surface area contributed by atoms with Crippen LogP contribution in [0.3, 0.4) is 0 Å². The molecule has 3 rings (SSSR count). The first-order valence-electron chi connectivity index (χ1n) is 9.13. The second-order valence-corrected chi connectivity index (χ2v) is 8.61. The summed E-state index contributed by atoms with van der Waals surface area (Å²) in [4.78, 5) is 25.8. The number of benzene rings is 2.